The van der Waals surface area contributed by atoms with E-state index in [4.69, 9.17) is 0 Å². The van der Waals surface area contributed by atoms with Crippen molar-refractivity contribution in [1.82, 2.24) is 5.32 Å². The predicted octanol–water partition coefficient (Wildman–Crippen LogP) is 3.04. The fourth-order valence-electron chi connectivity index (χ4n) is 1.95. The predicted molar refractivity (Wildman–Crippen MR) is 75.4 cm³/mol. The minimum absolute atomic E-state index is 0.217. The molecule has 0 radical (unpaired) electrons. The number of phenols is 2. The van der Waals surface area contributed by atoms with Crippen LogP contribution in [0.5, 0.6) is 11.5 Å². The highest BCUT2D eigenvalue weighted by atomic mass is 16.3. The summed E-state index contributed by atoms with van der Waals surface area (Å²) in [6.45, 7) is 4.93. The Morgan fingerprint density at radius 1 is 1.26 bits per heavy atom. The highest BCUT2D eigenvalue weighted by molar-refractivity contribution is 5.94. The summed E-state index contributed by atoms with van der Waals surface area (Å²) in [6.07, 6.45) is 4.50. The Balaban J connectivity index is 2.52. The maximum absolute atomic E-state index is 11.9. The third-order valence-electron chi connectivity index (χ3n) is 3.33. The molecule has 4 heteroatoms. The molecule has 0 aromatic heterocycles. The highest BCUT2D eigenvalue weighted by Gasteiger charge is 2.11. The minimum atomic E-state index is -0.273. The first-order valence-electron chi connectivity index (χ1n) is 6.88. The van der Waals surface area contributed by atoms with Crippen LogP contribution in [0.25, 0.3) is 0 Å². The second kappa shape index (κ2) is 7.67. The van der Waals surface area contributed by atoms with E-state index in [2.05, 4.69) is 19.2 Å². The van der Waals surface area contributed by atoms with Crippen LogP contribution in [-0.2, 0) is 0 Å². The van der Waals surface area contributed by atoms with Gasteiger partial charge in [0, 0.05) is 12.1 Å². The number of carbonyl (C=O) groups excluding carboxylic acids is 1. The van der Waals surface area contributed by atoms with Gasteiger partial charge in [-0.3, -0.25) is 4.79 Å². The quantitative estimate of drug-likeness (QED) is 0.664. The van der Waals surface area contributed by atoms with Gasteiger partial charge in [0.05, 0.1) is 0 Å². The lowest BCUT2D eigenvalue weighted by atomic mass is 9.99. The van der Waals surface area contributed by atoms with Crippen molar-refractivity contribution in [1.29, 1.82) is 0 Å². The zero-order chi connectivity index (χ0) is 14.3. The van der Waals surface area contributed by atoms with Gasteiger partial charge in [0.25, 0.3) is 5.91 Å². The van der Waals surface area contributed by atoms with E-state index in [0.29, 0.717) is 18.0 Å². The summed E-state index contributed by atoms with van der Waals surface area (Å²) in [5, 5.41) is 21.4. The van der Waals surface area contributed by atoms with E-state index in [-0.39, 0.29) is 17.4 Å². The zero-order valence-electron chi connectivity index (χ0n) is 11.6. The van der Waals surface area contributed by atoms with Crippen molar-refractivity contribution in [2.45, 2.75) is 39.5 Å². The number of hydrogen-bond acceptors (Lipinski definition) is 3. The van der Waals surface area contributed by atoms with E-state index in [1.165, 1.54) is 24.6 Å². The van der Waals surface area contributed by atoms with Crippen LogP contribution in [0, 0.1) is 5.92 Å². The molecule has 0 heterocycles. The van der Waals surface area contributed by atoms with E-state index < -0.39 is 0 Å². The van der Waals surface area contributed by atoms with Gasteiger partial charge in [0.1, 0.15) is 0 Å². The molecule has 0 bridgehead atoms. The number of nitrogens with one attached hydrogen (secondary N) is 1. The topological polar surface area (TPSA) is 69.6 Å². The number of amides is 1. The second-order valence-corrected chi connectivity index (χ2v) is 4.83. The Morgan fingerprint density at radius 3 is 2.58 bits per heavy atom. The Labute approximate surface area is 114 Å². The van der Waals surface area contributed by atoms with E-state index in [9.17, 15) is 15.0 Å². The largest absolute Gasteiger partial charge is 0.504 e. The highest BCUT2D eigenvalue weighted by Crippen LogP contribution is 2.24. The van der Waals surface area contributed by atoms with Gasteiger partial charge in [0.2, 0.25) is 0 Å². The third kappa shape index (κ3) is 4.81. The first-order chi connectivity index (χ1) is 9.08. The van der Waals surface area contributed by atoms with Crippen molar-refractivity contribution < 1.29 is 15.0 Å². The Morgan fingerprint density at radius 2 is 2.00 bits per heavy atom. The van der Waals surface area contributed by atoms with Crippen molar-refractivity contribution in [3.63, 3.8) is 0 Å². The molecule has 1 amide bonds. The SMILES string of the molecule is CCCCC(CC)CNC(=O)c1ccc(O)c(O)c1. The van der Waals surface area contributed by atoms with E-state index in [1.54, 1.807) is 0 Å². The van der Waals surface area contributed by atoms with Crippen LogP contribution in [0.1, 0.15) is 49.9 Å². The summed E-state index contributed by atoms with van der Waals surface area (Å²) >= 11 is 0. The number of benzene rings is 1. The van der Waals surface area contributed by atoms with Crippen LogP contribution >= 0.6 is 0 Å². The number of rotatable bonds is 7. The van der Waals surface area contributed by atoms with Crippen molar-refractivity contribution in [3.8, 4) is 11.5 Å². The average Bonchev–Trinajstić information content (AvgIpc) is 2.41. The Kier molecular flexibility index (Phi) is 6.19. The maximum Gasteiger partial charge on any atom is 0.251 e. The van der Waals surface area contributed by atoms with Gasteiger partial charge in [-0.1, -0.05) is 33.1 Å². The van der Waals surface area contributed by atoms with Gasteiger partial charge >= 0.3 is 0 Å². The van der Waals surface area contributed by atoms with Crippen LogP contribution in [0.4, 0.5) is 0 Å². The van der Waals surface area contributed by atoms with Gasteiger partial charge in [-0.05, 0) is 30.5 Å². The number of unbranched alkanes of at least 4 members (excludes halogenated alkanes) is 1. The molecule has 1 rings (SSSR count). The molecule has 1 aromatic rings. The number of hydrogen-bond donors (Lipinski definition) is 3. The van der Waals surface area contributed by atoms with Crippen molar-refractivity contribution in [2.75, 3.05) is 6.54 Å². The van der Waals surface area contributed by atoms with Gasteiger partial charge in [-0.15, -0.1) is 0 Å². The summed E-state index contributed by atoms with van der Waals surface area (Å²) in [6, 6.07) is 4.09. The van der Waals surface area contributed by atoms with Crippen LogP contribution in [0.3, 0.4) is 0 Å². The van der Waals surface area contributed by atoms with E-state index >= 15 is 0 Å². The summed E-state index contributed by atoms with van der Waals surface area (Å²) in [4.78, 5) is 11.9. The first kappa shape index (κ1) is 15.3. The summed E-state index contributed by atoms with van der Waals surface area (Å²) in [7, 11) is 0. The van der Waals surface area contributed by atoms with Gasteiger partial charge < -0.3 is 15.5 Å². The summed E-state index contributed by atoms with van der Waals surface area (Å²) in [5.41, 5.74) is 0.362. The van der Waals surface area contributed by atoms with E-state index in [1.807, 2.05) is 0 Å². The fraction of sp³-hybridized carbons (Fsp3) is 0.533. The van der Waals surface area contributed by atoms with Crippen molar-refractivity contribution in [3.05, 3.63) is 23.8 Å². The molecular formula is C15H23NO3. The van der Waals surface area contributed by atoms with Crippen molar-refractivity contribution >= 4 is 5.91 Å². The van der Waals surface area contributed by atoms with Crippen LogP contribution in [0.15, 0.2) is 18.2 Å². The maximum atomic E-state index is 11.9. The lowest BCUT2D eigenvalue weighted by molar-refractivity contribution is 0.0945. The Bertz CT molecular complexity index is 418. The van der Waals surface area contributed by atoms with E-state index in [0.717, 1.165) is 19.3 Å². The molecular weight excluding hydrogens is 242 g/mol. The zero-order valence-corrected chi connectivity index (χ0v) is 11.6. The van der Waals surface area contributed by atoms with Gasteiger partial charge in [-0.25, -0.2) is 0 Å². The summed E-state index contributed by atoms with van der Waals surface area (Å²) < 4.78 is 0. The van der Waals surface area contributed by atoms with Crippen molar-refractivity contribution in [2.24, 2.45) is 5.92 Å². The molecule has 0 aliphatic rings. The van der Waals surface area contributed by atoms with Crippen LogP contribution < -0.4 is 5.32 Å². The van der Waals surface area contributed by atoms with Crippen LogP contribution in [0.2, 0.25) is 0 Å². The summed E-state index contributed by atoms with van der Waals surface area (Å²) in [5.74, 6) is -0.212. The lowest BCUT2D eigenvalue weighted by Crippen LogP contribution is -2.29. The second-order valence-electron chi connectivity index (χ2n) is 4.83. The molecule has 1 aromatic carbocycles. The number of aromatic hydroxyl groups is 2. The number of carbonyl (C=O) groups is 1. The molecule has 0 aliphatic carbocycles. The standard InChI is InChI=1S/C15H23NO3/c1-3-5-6-11(4-2)10-16-15(19)12-7-8-13(17)14(18)9-12/h7-9,11,17-18H,3-6,10H2,1-2H3,(H,16,19). The molecule has 0 saturated heterocycles. The monoisotopic (exact) mass is 265 g/mol. The lowest BCUT2D eigenvalue weighted by Gasteiger charge is -2.15. The molecule has 0 spiro atoms. The molecule has 19 heavy (non-hydrogen) atoms. The molecule has 0 aliphatic heterocycles. The van der Waals surface area contributed by atoms with Crippen LogP contribution in [-0.4, -0.2) is 22.7 Å². The average molecular weight is 265 g/mol. The third-order valence-corrected chi connectivity index (χ3v) is 3.33. The molecule has 4 nitrogen and oxygen atoms in total. The molecule has 1 atom stereocenters. The molecule has 3 N–H and O–H groups in total. The molecule has 106 valence electrons. The fourth-order valence-corrected chi connectivity index (χ4v) is 1.95. The Hall–Kier alpha value is -1.71. The molecule has 0 fully saturated rings. The smallest absolute Gasteiger partial charge is 0.251 e. The molecule has 1 unspecified atom stereocenters. The van der Waals surface area contributed by atoms with Gasteiger partial charge in [0.15, 0.2) is 11.5 Å². The number of phenolic OH excluding ortho intramolecular Hbond substituents is 2. The molecule has 0 saturated carbocycles. The van der Waals surface area contributed by atoms with Gasteiger partial charge in [-0.2, -0.15) is 0 Å². The first-order valence-corrected chi connectivity index (χ1v) is 6.88. The minimum Gasteiger partial charge on any atom is -0.504 e. The normalized spacial score (nSPS) is 12.1.